The summed E-state index contributed by atoms with van der Waals surface area (Å²) in [5.74, 6) is 1.60. The molecule has 0 bridgehead atoms. The molecule has 0 atom stereocenters. The molecular formula is C18H21NO3. The van der Waals surface area contributed by atoms with Crippen LogP contribution in [0.2, 0.25) is 0 Å². The van der Waals surface area contributed by atoms with E-state index in [1.54, 1.807) is 7.11 Å². The lowest BCUT2D eigenvalue weighted by Crippen LogP contribution is -2.12. The molecule has 0 aliphatic carbocycles. The number of benzene rings is 2. The van der Waals surface area contributed by atoms with Gasteiger partial charge in [-0.2, -0.15) is 0 Å². The van der Waals surface area contributed by atoms with E-state index in [0.717, 1.165) is 22.7 Å². The van der Waals surface area contributed by atoms with Gasteiger partial charge in [-0.15, -0.1) is 0 Å². The minimum Gasteiger partial charge on any atom is -0.497 e. The SMILES string of the molecule is COc1ccc(NC(=O)CCCOc2cccc(C)c2)cc1. The molecule has 0 unspecified atom stereocenters. The predicted octanol–water partition coefficient (Wildman–Crippen LogP) is 3.80. The van der Waals surface area contributed by atoms with Crippen molar-refractivity contribution < 1.29 is 14.3 Å². The van der Waals surface area contributed by atoms with Gasteiger partial charge in [0, 0.05) is 12.1 Å². The van der Waals surface area contributed by atoms with E-state index in [0.29, 0.717) is 19.4 Å². The number of ether oxygens (including phenoxy) is 2. The molecule has 0 radical (unpaired) electrons. The van der Waals surface area contributed by atoms with Crippen LogP contribution in [0.3, 0.4) is 0 Å². The van der Waals surface area contributed by atoms with Crippen LogP contribution >= 0.6 is 0 Å². The third kappa shape index (κ3) is 5.13. The Labute approximate surface area is 131 Å². The van der Waals surface area contributed by atoms with Gasteiger partial charge in [0.15, 0.2) is 0 Å². The van der Waals surface area contributed by atoms with Crippen molar-refractivity contribution in [2.24, 2.45) is 0 Å². The zero-order chi connectivity index (χ0) is 15.8. The number of rotatable bonds is 7. The molecule has 4 nitrogen and oxygen atoms in total. The first kappa shape index (κ1) is 15.9. The first-order valence-corrected chi connectivity index (χ1v) is 7.31. The maximum Gasteiger partial charge on any atom is 0.224 e. The largest absolute Gasteiger partial charge is 0.497 e. The second-order valence-corrected chi connectivity index (χ2v) is 5.05. The summed E-state index contributed by atoms with van der Waals surface area (Å²) >= 11 is 0. The molecule has 4 heteroatoms. The molecule has 2 aromatic carbocycles. The van der Waals surface area contributed by atoms with Crippen molar-refractivity contribution in [1.82, 2.24) is 0 Å². The Morgan fingerprint density at radius 2 is 1.86 bits per heavy atom. The number of hydrogen-bond donors (Lipinski definition) is 1. The number of anilines is 1. The Hall–Kier alpha value is -2.49. The van der Waals surface area contributed by atoms with Crippen LogP contribution in [0.25, 0.3) is 0 Å². The van der Waals surface area contributed by atoms with Crippen molar-refractivity contribution in [1.29, 1.82) is 0 Å². The average Bonchev–Trinajstić information content (AvgIpc) is 2.52. The van der Waals surface area contributed by atoms with Gasteiger partial charge in [-0.05, 0) is 55.3 Å². The number of aryl methyl sites for hydroxylation is 1. The number of nitrogens with one attached hydrogen (secondary N) is 1. The molecule has 0 aliphatic rings. The van der Waals surface area contributed by atoms with Crippen molar-refractivity contribution in [2.75, 3.05) is 19.0 Å². The van der Waals surface area contributed by atoms with Gasteiger partial charge in [0.05, 0.1) is 13.7 Å². The van der Waals surface area contributed by atoms with Crippen LogP contribution in [0, 0.1) is 6.92 Å². The molecular weight excluding hydrogens is 278 g/mol. The van der Waals surface area contributed by atoms with E-state index in [2.05, 4.69) is 5.32 Å². The quantitative estimate of drug-likeness (QED) is 0.791. The van der Waals surface area contributed by atoms with Gasteiger partial charge in [-0.1, -0.05) is 12.1 Å². The highest BCUT2D eigenvalue weighted by atomic mass is 16.5. The number of methoxy groups -OCH3 is 1. The summed E-state index contributed by atoms with van der Waals surface area (Å²) in [6, 6.07) is 15.2. The van der Waals surface area contributed by atoms with Gasteiger partial charge < -0.3 is 14.8 Å². The Kier molecular flexibility index (Phi) is 5.83. The van der Waals surface area contributed by atoms with Crippen molar-refractivity contribution in [3.05, 3.63) is 54.1 Å². The van der Waals surface area contributed by atoms with E-state index < -0.39 is 0 Å². The van der Waals surface area contributed by atoms with Gasteiger partial charge in [0.1, 0.15) is 11.5 Å². The summed E-state index contributed by atoms with van der Waals surface area (Å²) in [4.78, 5) is 11.8. The summed E-state index contributed by atoms with van der Waals surface area (Å²) in [6.07, 6.45) is 1.10. The van der Waals surface area contributed by atoms with Gasteiger partial charge in [0.25, 0.3) is 0 Å². The maximum absolute atomic E-state index is 11.8. The van der Waals surface area contributed by atoms with Gasteiger partial charge in [-0.3, -0.25) is 4.79 Å². The second-order valence-electron chi connectivity index (χ2n) is 5.05. The van der Waals surface area contributed by atoms with Crippen LogP contribution in [-0.4, -0.2) is 19.6 Å². The molecule has 0 fully saturated rings. The number of carbonyl (C=O) groups is 1. The van der Waals surface area contributed by atoms with Crippen molar-refractivity contribution >= 4 is 11.6 Å². The first-order chi connectivity index (χ1) is 10.7. The van der Waals surface area contributed by atoms with Crippen LogP contribution in [0.1, 0.15) is 18.4 Å². The van der Waals surface area contributed by atoms with Gasteiger partial charge in [0.2, 0.25) is 5.91 Å². The molecule has 1 amide bonds. The fraction of sp³-hybridized carbons (Fsp3) is 0.278. The maximum atomic E-state index is 11.8. The van der Waals surface area contributed by atoms with Crippen LogP contribution in [0.15, 0.2) is 48.5 Å². The van der Waals surface area contributed by atoms with E-state index in [1.165, 1.54) is 0 Å². The van der Waals surface area contributed by atoms with Crippen molar-refractivity contribution in [3.8, 4) is 11.5 Å². The molecule has 22 heavy (non-hydrogen) atoms. The molecule has 0 saturated carbocycles. The van der Waals surface area contributed by atoms with E-state index >= 15 is 0 Å². The minimum absolute atomic E-state index is 0.0157. The Balaban J connectivity index is 1.69. The molecule has 116 valence electrons. The normalized spacial score (nSPS) is 10.1. The first-order valence-electron chi connectivity index (χ1n) is 7.31. The lowest BCUT2D eigenvalue weighted by Gasteiger charge is -2.08. The number of amides is 1. The molecule has 0 saturated heterocycles. The topological polar surface area (TPSA) is 47.6 Å². The molecule has 0 aliphatic heterocycles. The standard InChI is InChI=1S/C18H21NO3/c1-14-5-3-6-17(13-14)22-12-4-7-18(20)19-15-8-10-16(21-2)11-9-15/h3,5-6,8-11,13H,4,7,12H2,1-2H3,(H,19,20). The Morgan fingerprint density at radius 3 is 2.55 bits per heavy atom. The highest BCUT2D eigenvalue weighted by molar-refractivity contribution is 5.90. The van der Waals surface area contributed by atoms with Crippen molar-refractivity contribution in [2.45, 2.75) is 19.8 Å². The zero-order valence-electron chi connectivity index (χ0n) is 13.0. The number of carbonyl (C=O) groups excluding carboxylic acids is 1. The average molecular weight is 299 g/mol. The summed E-state index contributed by atoms with van der Waals surface area (Å²) < 4.78 is 10.7. The van der Waals surface area contributed by atoms with Crippen LogP contribution in [0.5, 0.6) is 11.5 Å². The summed E-state index contributed by atoms with van der Waals surface area (Å²) in [5.41, 5.74) is 1.93. The van der Waals surface area contributed by atoms with Gasteiger partial charge >= 0.3 is 0 Å². The third-order valence-corrected chi connectivity index (χ3v) is 3.18. The van der Waals surface area contributed by atoms with E-state index in [4.69, 9.17) is 9.47 Å². The second kappa shape index (κ2) is 8.08. The number of hydrogen-bond acceptors (Lipinski definition) is 3. The monoisotopic (exact) mass is 299 g/mol. The van der Waals surface area contributed by atoms with E-state index in [-0.39, 0.29) is 5.91 Å². The molecule has 0 aromatic heterocycles. The van der Waals surface area contributed by atoms with Crippen molar-refractivity contribution in [3.63, 3.8) is 0 Å². The molecule has 2 aromatic rings. The molecule has 0 heterocycles. The van der Waals surface area contributed by atoms with Gasteiger partial charge in [-0.25, -0.2) is 0 Å². The summed E-state index contributed by atoms with van der Waals surface area (Å²) in [7, 11) is 1.61. The van der Waals surface area contributed by atoms with Crippen LogP contribution in [-0.2, 0) is 4.79 Å². The zero-order valence-corrected chi connectivity index (χ0v) is 13.0. The highest BCUT2D eigenvalue weighted by Crippen LogP contribution is 2.15. The summed E-state index contributed by atoms with van der Waals surface area (Å²) in [6.45, 7) is 2.55. The molecule has 2 rings (SSSR count). The lowest BCUT2D eigenvalue weighted by atomic mass is 10.2. The Bertz CT molecular complexity index is 608. The summed E-state index contributed by atoms with van der Waals surface area (Å²) in [5, 5.41) is 2.85. The van der Waals surface area contributed by atoms with E-state index in [1.807, 2.05) is 55.5 Å². The molecule has 1 N–H and O–H groups in total. The fourth-order valence-corrected chi connectivity index (χ4v) is 2.03. The lowest BCUT2D eigenvalue weighted by molar-refractivity contribution is -0.116. The predicted molar refractivity (Wildman–Crippen MR) is 87.5 cm³/mol. The van der Waals surface area contributed by atoms with Crippen LogP contribution in [0.4, 0.5) is 5.69 Å². The molecule has 0 spiro atoms. The minimum atomic E-state index is -0.0157. The van der Waals surface area contributed by atoms with Crippen LogP contribution < -0.4 is 14.8 Å². The third-order valence-electron chi connectivity index (χ3n) is 3.18. The highest BCUT2D eigenvalue weighted by Gasteiger charge is 2.03. The fourth-order valence-electron chi connectivity index (χ4n) is 2.03. The van der Waals surface area contributed by atoms with E-state index in [9.17, 15) is 4.79 Å². The Morgan fingerprint density at radius 1 is 1.09 bits per heavy atom. The smallest absolute Gasteiger partial charge is 0.224 e.